The first-order valence-electron chi connectivity index (χ1n) is 5.45. The third-order valence-corrected chi connectivity index (χ3v) is 3.52. The van der Waals surface area contributed by atoms with Crippen LogP contribution in [0, 0.1) is 34.3 Å². The lowest BCUT2D eigenvalue weighted by Crippen LogP contribution is -2.58. The van der Waals surface area contributed by atoms with Crippen molar-refractivity contribution in [3.8, 4) is 12.3 Å². The van der Waals surface area contributed by atoms with Gasteiger partial charge in [-0.1, -0.05) is 12.0 Å². The first kappa shape index (κ1) is 11.6. The number of allylic oxidation sites excluding steroid dienone is 1. The molecule has 0 bridgehead atoms. The molecule has 5 nitrogen and oxygen atoms in total. The second-order valence-electron chi connectivity index (χ2n) is 4.68. The molecule has 2 rings (SSSR count). The van der Waals surface area contributed by atoms with Crippen LogP contribution in [0.2, 0.25) is 0 Å². The molecule has 17 heavy (non-hydrogen) atoms. The number of fused-ring (bicyclic) bond motifs is 1. The highest BCUT2D eigenvalue weighted by molar-refractivity contribution is 5.67. The number of rotatable bonds is 3. The summed E-state index contributed by atoms with van der Waals surface area (Å²) in [6.07, 6.45) is 8.46. The van der Waals surface area contributed by atoms with Gasteiger partial charge in [0.2, 0.25) is 6.54 Å². The molecule has 0 aromatic heterocycles. The van der Waals surface area contributed by atoms with E-state index in [0.717, 1.165) is 12.0 Å². The Morgan fingerprint density at radius 2 is 2.53 bits per heavy atom. The van der Waals surface area contributed by atoms with Gasteiger partial charge >= 0.3 is 5.97 Å². The van der Waals surface area contributed by atoms with Crippen LogP contribution < -0.4 is 0 Å². The average Bonchev–Trinajstić information content (AvgIpc) is 2.54. The third kappa shape index (κ3) is 1.91. The van der Waals surface area contributed by atoms with E-state index in [1.807, 2.05) is 6.08 Å². The summed E-state index contributed by atoms with van der Waals surface area (Å²) in [6.45, 7) is 0.928. The molecular formula is C12H13NO4. The molecule has 0 heterocycles. The van der Waals surface area contributed by atoms with E-state index in [-0.39, 0.29) is 12.5 Å². The quantitative estimate of drug-likeness (QED) is 0.318. The Kier molecular flexibility index (Phi) is 2.66. The molecule has 0 amide bonds. The van der Waals surface area contributed by atoms with Gasteiger partial charge in [-0.15, -0.1) is 6.42 Å². The fourth-order valence-electron chi connectivity index (χ4n) is 2.95. The highest BCUT2D eigenvalue weighted by Crippen LogP contribution is 2.54. The fraction of sp³-hybridized carbons (Fsp3) is 0.583. The Bertz CT molecular complexity index is 430. The number of hydrogen-bond acceptors (Lipinski definition) is 4. The molecule has 5 heteroatoms. The summed E-state index contributed by atoms with van der Waals surface area (Å²) < 4.78 is 5.20. The normalized spacial score (nSPS) is 34.0. The molecule has 2 aliphatic carbocycles. The molecule has 2 aliphatic rings. The molecule has 0 saturated heterocycles. The molecule has 3 atom stereocenters. The van der Waals surface area contributed by atoms with Gasteiger partial charge in [0.05, 0.1) is 0 Å². The van der Waals surface area contributed by atoms with Crippen LogP contribution in [0.15, 0.2) is 11.6 Å². The molecule has 0 radical (unpaired) electrons. The van der Waals surface area contributed by atoms with E-state index < -0.39 is 16.5 Å². The van der Waals surface area contributed by atoms with E-state index in [0.29, 0.717) is 12.3 Å². The molecule has 0 spiro atoms. The molecule has 0 aliphatic heterocycles. The Balaban J connectivity index is 2.20. The van der Waals surface area contributed by atoms with Crippen molar-refractivity contribution >= 4 is 5.97 Å². The smallest absolute Gasteiger partial charge is 0.303 e. The maximum Gasteiger partial charge on any atom is 0.303 e. The summed E-state index contributed by atoms with van der Waals surface area (Å²) in [5, 5.41) is 10.7. The first-order valence-corrected chi connectivity index (χ1v) is 5.45. The number of nitrogens with zero attached hydrogens (tertiary/aromatic N) is 1. The zero-order valence-corrected chi connectivity index (χ0v) is 9.51. The van der Waals surface area contributed by atoms with Gasteiger partial charge in [0.15, 0.2) is 5.60 Å². The predicted octanol–water partition coefficient (Wildman–Crippen LogP) is 1.16. The molecule has 90 valence electrons. The van der Waals surface area contributed by atoms with Gasteiger partial charge in [-0.3, -0.25) is 14.9 Å². The Labute approximate surface area is 99.0 Å². The van der Waals surface area contributed by atoms with Gasteiger partial charge in [0, 0.05) is 17.8 Å². The maximum absolute atomic E-state index is 11.1. The van der Waals surface area contributed by atoms with Crippen molar-refractivity contribution in [2.45, 2.75) is 25.4 Å². The number of carbonyl (C=O) groups is 1. The second kappa shape index (κ2) is 3.88. The van der Waals surface area contributed by atoms with Gasteiger partial charge in [-0.05, 0) is 24.3 Å². The zero-order valence-electron chi connectivity index (χ0n) is 9.51. The standard InChI is InChI=1S/C12H13NO4/c1-3-9-4-10-6-12(7-13(15)16,11(10)5-9)17-8(2)14/h1,5,10-11H,4,6-7H2,2H3/t10-,11-,12-/m1/s1. The number of hydrogen-bond donors (Lipinski definition) is 0. The van der Waals surface area contributed by atoms with Crippen LogP contribution in [0.1, 0.15) is 19.8 Å². The number of ether oxygens (including phenoxy) is 1. The number of esters is 1. The minimum Gasteiger partial charge on any atom is -0.452 e. The Hall–Kier alpha value is -1.83. The monoisotopic (exact) mass is 235 g/mol. The number of terminal acetylenes is 1. The van der Waals surface area contributed by atoms with Crippen molar-refractivity contribution < 1.29 is 14.5 Å². The predicted molar refractivity (Wildman–Crippen MR) is 59.5 cm³/mol. The lowest BCUT2D eigenvalue weighted by molar-refractivity contribution is -0.509. The third-order valence-electron chi connectivity index (χ3n) is 3.52. The molecule has 1 saturated carbocycles. The van der Waals surface area contributed by atoms with E-state index in [9.17, 15) is 14.9 Å². The minimum atomic E-state index is -0.974. The van der Waals surface area contributed by atoms with Crippen LogP contribution in [0.4, 0.5) is 0 Å². The van der Waals surface area contributed by atoms with Crippen LogP contribution in [0.25, 0.3) is 0 Å². The van der Waals surface area contributed by atoms with Gasteiger partial charge in [0.25, 0.3) is 0 Å². The molecule has 0 unspecified atom stereocenters. The largest absolute Gasteiger partial charge is 0.452 e. The fourth-order valence-corrected chi connectivity index (χ4v) is 2.95. The van der Waals surface area contributed by atoms with Crippen molar-refractivity contribution in [3.63, 3.8) is 0 Å². The van der Waals surface area contributed by atoms with E-state index in [1.54, 1.807) is 0 Å². The summed E-state index contributed by atoms with van der Waals surface area (Å²) >= 11 is 0. The van der Waals surface area contributed by atoms with Gasteiger partial charge in [0.1, 0.15) is 0 Å². The number of carbonyl (C=O) groups excluding carboxylic acids is 1. The minimum absolute atomic E-state index is 0.0946. The summed E-state index contributed by atoms with van der Waals surface area (Å²) in [7, 11) is 0. The van der Waals surface area contributed by atoms with Crippen molar-refractivity contribution in [2.24, 2.45) is 11.8 Å². The van der Waals surface area contributed by atoms with Crippen molar-refractivity contribution in [1.82, 2.24) is 0 Å². The van der Waals surface area contributed by atoms with Crippen LogP contribution in [-0.2, 0) is 9.53 Å². The van der Waals surface area contributed by atoms with E-state index >= 15 is 0 Å². The second-order valence-corrected chi connectivity index (χ2v) is 4.68. The van der Waals surface area contributed by atoms with Crippen LogP contribution >= 0.6 is 0 Å². The van der Waals surface area contributed by atoms with Gasteiger partial charge < -0.3 is 4.74 Å². The van der Waals surface area contributed by atoms with E-state index in [2.05, 4.69) is 5.92 Å². The van der Waals surface area contributed by atoms with Crippen molar-refractivity contribution in [2.75, 3.05) is 6.54 Å². The number of nitro groups is 1. The molecule has 0 N–H and O–H groups in total. The molecule has 0 aromatic rings. The highest BCUT2D eigenvalue weighted by atomic mass is 16.6. The molecule has 0 aromatic carbocycles. The van der Waals surface area contributed by atoms with Crippen molar-refractivity contribution in [1.29, 1.82) is 0 Å². The van der Waals surface area contributed by atoms with Crippen LogP contribution in [-0.4, -0.2) is 23.0 Å². The lowest BCUT2D eigenvalue weighted by atomic mass is 9.62. The van der Waals surface area contributed by atoms with Crippen molar-refractivity contribution in [3.05, 3.63) is 21.8 Å². The summed E-state index contributed by atoms with van der Waals surface area (Å²) in [5.74, 6) is 2.28. The molecular weight excluding hydrogens is 222 g/mol. The summed E-state index contributed by atoms with van der Waals surface area (Å²) in [4.78, 5) is 21.3. The topological polar surface area (TPSA) is 69.4 Å². The summed E-state index contributed by atoms with van der Waals surface area (Å²) in [5.41, 5.74) is -0.115. The van der Waals surface area contributed by atoms with Crippen LogP contribution in [0.5, 0.6) is 0 Å². The molecule has 1 fully saturated rings. The zero-order chi connectivity index (χ0) is 12.6. The maximum atomic E-state index is 11.1. The van der Waals surface area contributed by atoms with Gasteiger partial charge in [-0.25, -0.2) is 0 Å². The Morgan fingerprint density at radius 3 is 3.06 bits per heavy atom. The van der Waals surface area contributed by atoms with E-state index in [1.165, 1.54) is 6.92 Å². The Morgan fingerprint density at radius 1 is 1.82 bits per heavy atom. The lowest BCUT2D eigenvalue weighted by Gasteiger charge is -2.47. The SMILES string of the molecule is C#CC1=C[C@@H]2[C@H](C1)C[C@]2(C[N+](=O)[O-])OC(C)=O. The van der Waals surface area contributed by atoms with Gasteiger partial charge in [-0.2, -0.15) is 0 Å². The first-order chi connectivity index (χ1) is 7.97. The summed E-state index contributed by atoms with van der Waals surface area (Å²) in [6, 6.07) is 0. The van der Waals surface area contributed by atoms with Crippen LogP contribution in [0.3, 0.4) is 0 Å². The highest BCUT2D eigenvalue weighted by Gasteiger charge is 2.60. The van der Waals surface area contributed by atoms with E-state index in [4.69, 9.17) is 11.2 Å². The average molecular weight is 235 g/mol.